The molecule has 4 N–H and O–H groups in total. The molecule has 10 nitrogen and oxygen atoms in total. The Morgan fingerprint density at radius 1 is 0.976 bits per heavy atom. The number of anilines is 1. The van der Waals surface area contributed by atoms with Gasteiger partial charge in [0.2, 0.25) is 12.2 Å². The predicted octanol–water partition coefficient (Wildman–Crippen LogP) is 1.82. The van der Waals surface area contributed by atoms with Crippen LogP contribution in [0, 0.1) is 11.5 Å². The second-order valence-electron chi connectivity index (χ2n) is 9.26. The molecule has 1 aromatic heterocycles. The van der Waals surface area contributed by atoms with E-state index in [-0.39, 0.29) is 18.4 Å². The van der Waals surface area contributed by atoms with Gasteiger partial charge in [-0.1, -0.05) is 50.1 Å². The minimum atomic E-state index is -0.863. The van der Waals surface area contributed by atoms with E-state index in [1.807, 2.05) is 24.3 Å². The fourth-order valence-corrected chi connectivity index (χ4v) is 4.19. The maximum atomic E-state index is 11.0. The molecule has 0 aliphatic heterocycles. The number of benzene rings is 1. The number of rotatable bonds is 21. The van der Waals surface area contributed by atoms with Gasteiger partial charge >= 0.3 is 6.41 Å². The van der Waals surface area contributed by atoms with E-state index < -0.39 is 6.41 Å². The van der Waals surface area contributed by atoms with Gasteiger partial charge < -0.3 is 38.2 Å². The highest BCUT2D eigenvalue weighted by molar-refractivity contribution is 6.30. The predicted molar refractivity (Wildman–Crippen MR) is 156 cm³/mol. The van der Waals surface area contributed by atoms with Gasteiger partial charge in [0, 0.05) is 23.7 Å². The van der Waals surface area contributed by atoms with Gasteiger partial charge in [0.1, 0.15) is 5.75 Å². The quantitative estimate of drug-likeness (QED) is 0.0416. The van der Waals surface area contributed by atoms with Gasteiger partial charge in [-0.25, -0.2) is 0 Å². The number of nitrogens with zero attached hydrogens (tertiary/aromatic N) is 4. The number of guanidine groups is 1. The zero-order valence-corrected chi connectivity index (χ0v) is 25.0. The number of unbranched alkanes of at least 4 members (excludes halogenated alkanes) is 8. The molecule has 0 saturated heterocycles. The maximum absolute atomic E-state index is 11.0. The van der Waals surface area contributed by atoms with Gasteiger partial charge in [-0.2, -0.15) is 5.26 Å². The lowest BCUT2D eigenvalue weighted by Crippen LogP contribution is -3.00. The monoisotopic (exact) mass is 608 g/mol. The zero-order valence-electron chi connectivity index (χ0n) is 23.5. The van der Waals surface area contributed by atoms with E-state index in [9.17, 15) is 4.79 Å². The molecule has 0 aliphatic rings. The molecule has 0 bridgehead atoms. The van der Waals surface area contributed by atoms with E-state index in [1.165, 1.54) is 0 Å². The summed E-state index contributed by atoms with van der Waals surface area (Å²) in [4.78, 5) is 16.6. The first-order valence-corrected chi connectivity index (χ1v) is 14.3. The van der Waals surface area contributed by atoms with E-state index in [2.05, 4.69) is 4.99 Å². The number of aliphatic imine (C=N–C) groups is 1. The Hall–Kier alpha value is -3.10. The molecule has 1 aromatic carbocycles. The largest absolute Gasteiger partial charge is 1.00 e. The van der Waals surface area contributed by atoms with Crippen LogP contribution >= 0.6 is 11.6 Å². The first kappa shape index (κ1) is 35.9. The van der Waals surface area contributed by atoms with Crippen molar-refractivity contribution in [2.24, 2.45) is 16.5 Å². The average Bonchev–Trinajstić information content (AvgIpc) is 2.96. The standard InChI is InChI=1S/C29H42ClN6O4.ClH/c30-25-11-13-27(14-12-25)38-21-9-6-4-8-18-36(28(33)34-23-32)26-15-19-35(20-16-26)29(40-24-37)39-22-10-5-2-1-3-7-17-31;/h11-16,19-20,24,29H,1-10,17-18,21-22,31H2,(H2,33,34);1H/q+1;/p-1. The first-order chi connectivity index (χ1) is 19.6. The molecule has 0 aliphatic carbocycles. The number of halogens is 2. The SMILES string of the molecule is N#CN=C(N)N(CCCCCCOc1ccc(Cl)cc1)c1cc[n+](C(OC=O)OCCCCCCCCN)cc1.[Cl-]. The summed E-state index contributed by atoms with van der Waals surface area (Å²) in [7, 11) is 0. The van der Waals surface area contributed by atoms with Gasteiger partial charge in [-0.05, 0) is 56.5 Å². The van der Waals surface area contributed by atoms with Crippen molar-refractivity contribution in [2.75, 3.05) is 31.2 Å². The molecule has 12 heteroatoms. The second kappa shape index (κ2) is 22.6. The van der Waals surface area contributed by atoms with Gasteiger partial charge in [-0.3, -0.25) is 9.53 Å². The lowest BCUT2D eigenvalue weighted by Gasteiger charge is -2.22. The minimum absolute atomic E-state index is 0. The third-order valence-electron chi connectivity index (χ3n) is 6.22. The van der Waals surface area contributed by atoms with E-state index in [0.717, 1.165) is 82.2 Å². The lowest BCUT2D eigenvalue weighted by atomic mass is 10.1. The number of carbonyl (C=O) groups is 1. The van der Waals surface area contributed by atoms with Crippen LogP contribution in [0.3, 0.4) is 0 Å². The fourth-order valence-electron chi connectivity index (χ4n) is 4.07. The molecule has 0 amide bonds. The number of pyridine rings is 1. The molecule has 1 unspecified atom stereocenters. The van der Waals surface area contributed by atoms with Crippen LogP contribution in [0.15, 0.2) is 53.8 Å². The highest BCUT2D eigenvalue weighted by Gasteiger charge is 2.21. The van der Waals surface area contributed by atoms with Gasteiger partial charge in [0.15, 0.2) is 12.4 Å². The van der Waals surface area contributed by atoms with E-state index >= 15 is 0 Å². The smallest absolute Gasteiger partial charge is 0.425 e. The van der Waals surface area contributed by atoms with Crippen LogP contribution in [0.4, 0.5) is 5.69 Å². The molecule has 1 atom stereocenters. The highest BCUT2D eigenvalue weighted by Crippen LogP contribution is 2.17. The number of hydrogen-bond acceptors (Lipinski definition) is 7. The molecule has 41 heavy (non-hydrogen) atoms. The maximum Gasteiger partial charge on any atom is 0.425 e. The fraction of sp³-hybridized carbons (Fsp3) is 0.517. The highest BCUT2D eigenvalue weighted by atomic mass is 35.5. The van der Waals surface area contributed by atoms with Crippen molar-refractivity contribution >= 4 is 29.7 Å². The third-order valence-corrected chi connectivity index (χ3v) is 6.47. The molecule has 0 saturated carbocycles. The Labute approximate surface area is 254 Å². The molecule has 2 aromatic rings. The molecular weight excluding hydrogens is 567 g/mol. The van der Waals surface area contributed by atoms with Crippen molar-refractivity contribution in [1.82, 2.24) is 0 Å². The number of ether oxygens (including phenoxy) is 3. The summed E-state index contributed by atoms with van der Waals surface area (Å²) in [5, 5.41) is 9.70. The Kier molecular flexibility index (Phi) is 19.8. The van der Waals surface area contributed by atoms with Crippen LogP contribution in [-0.4, -0.2) is 38.7 Å². The van der Waals surface area contributed by atoms with E-state index in [4.69, 9.17) is 42.5 Å². The molecule has 0 fully saturated rings. The molecule has 0 spiro atoms. The average molecular weight is 610 g/mol. The van der Waals surface area contributed by atoms with Crippen molar-refractivity contribution in [3.05, 3.63) is 53.8 Å². The van der Waals surface area contributed by atoms with Crippen molar-refractivity contribution in [3.63, 3.8) is 0 Å². The van der Waals surface area contributed by atoms with Crippen LogP contribution in [-0.2, 0) is 14.3 Å². The van der Waals surface area contributed by atoms with Gasteiger partial charge in [0.25, 0.3) is 6.47 Å². The Morgan fingerprint density at radius 3 is 2.22 bits per heavy atom. The lowest BCUT2D eigenvalue weighted by molar-refractivity contribution is -0.798. The van der Waals surface area contributed by atoms with E-state index in [0.29, 0.717) is 31.3 Å². The van der Waals surface area contributed by atoms with Crippen LogP contribution in [0.25, 0.3) is 0 Å². The number of aromatic nitrogens is 1. The molecule has 1 heterocycles. The first-order valence-electron chi connectivity index (χ1n) is 13.9. The summed E-state index contributed by atoms with van der Waals surface area (Å²) in [5.41, 5.74) is 12.4. The third kappa shape index (κ3) is 14.9. The summed E-state index contributed by atoms with van der Waals surface area (Å²) in [6.07, 6.45) is 14.5. The zero-order chi connectivity index (χ0) is 28.8. The van der Waals surface area contributed by atoms with Crippen LogP contribution in [0.2, 0.25) is 5.02 Å². The van der Waals surface area contributed by atoms with Crippen molar-refractivity contribution in [1.29, 1.82) is 5.26 Å². The molecule has 0 radical (unpaired) electrons. The van der Waals surface area contributed by atoms with Crippen LogP contribution < -0.4 is 38.1 Å². The van der Waals surface area contributed by atoms with Crippen molar-refractivity contribution in [3.8, 4) is 11.9 Å². The van der Waals surface area contributed by atoms with Gasteiger partial charge in [0.05, 0.1) is 18.9 Å². The molecular formula is C29H42Cl2N6O4. The summed E-state index contributed by atoms with van der Waals surface area (Å²) in [5.74, 6) is 0.923. The number of hydrogen-bond donors (Lipinski definition) is 2. The summed E-state index contributed by atoms with van der Waals surface area (Å²) >= 11 is 5.90. The topological polar surface area (TPSA) is 140 Å². The van der Waals surface area contributed by atoms with Crippen LogP contribution in [0.5, 0.6) is 5.75 Å². The Bertz CT molecular complexity index is 1040. The molecule has 2 rings (SSSR count). The minimum Gasteiger partial charge on any atom is -1.00 e. The van der Waals surface area contributed by atoms with E-state index in [1.54, 1.807) is 40.2 Å². The summed E-state index contributed by atoms with van der Waals surface area (Å²) < 4.78 is 18.3. The Balaban J connectivity index is 0.00000840. The van der Waals surface area contributed by atoms with Crippen molar-refractivity contribution in [2.45, 2.75) is 70.6 Å². The normalized spacial score (nSPS) is 11.7. The number of nitrogens with two attached hydrogens (primary N) is 2. The second-order valence-corrected chi connectivity index (χ2v) is 9.70. The van der Waals surface area contributed by atoms with Crippen LogP contribution in [0.1, 0.15) is 70.6 Å². The van der Waals surface area contributed by atoms with Crippen molar-refractivity contribution < 1.29 is 36.0 Å². The van der Waals surface area contributed by atoms with Gasteiger partial charge in [-0.15, -0.1) is 9.56 Å². The Morgan fingerprint density at radius 2 is 1.59 bits per heavy atom. The number of carbonyl (C=O) groups excluding carboxylic acids is 1. The molecule has 226 valence electrons. The summed E-state index contributed by atoms with van der Waals surface area (Å²) in [6, 6.07) is 11.0. The number of nitriles is 1. The summed E-state index contributed by atoms with van der Waals surface area (Å²) in [6.45, 7) is 2.81.